The Hall–Kier alpha value is -1.38. The minimum absolute atomic E-state index is 0.00794. The summed E-state index contributed by atoms with van der Waals surface area (Å²) in [7, 11) is -2.58. The highest BCUT2D eigenvalue weighted by atomic mass is 32.2. The van der Waals surface area contributed by atoms with Crippen LogP contribution in [0.5, 0.6) is 5.75 Å². The summed E-state index contributed by atoms with van der Waals surface area (Å²) in [5, 5.41) is 0. The van der Waals surface area contributed by atoms with Gasteiger partial charge in [0, 0.05) is 6.54 Å². The monoisotopic (exact) mass is 306 g/mol. The smallest absolute Gasteiger partial charge is 0.240 e. The number of nitrogens with one attached hydrogen (secondary N) is 1. The second-order valence-electron chi connectivity index (χ2n) is 4.34. The van der Waals surface area contributed by atoms with Gasteiger partial charge in [-0.1, -0.05) is 0 Å². The van der Waals surface area contributed by atoms with Crippen molar-refractivity contribution in [3.05, 3.63) is 17.9 Å². The Bertz CT molecular complexity index is 538. The molecule has 0 saturated carbocycles. The number of benzene rings is 1. The second kappa shape index (κ2) is 6.87. The molecule has 1 aromatic rings. The SMILES string of the molecule is COc1c(N)cc(S(=O)(=O)NCCOC(C)C)cc1F. The minimum atomic E-state index is -3.83. The summed E-state index contributed by atoms with van der Waals surface area (Å²) in [4.78, 5) is -0.252. The van der Waals surface area contributed by atoms with Crippen LogP contribution in [-0.2, 0) is 14.8 Å². The molecule has 0 aromatic heterocycles. The summed E-state index contributed by atoms with van der Waals surface area (Å²) in [6.07, 6.45) is 0.00794. The van der Waals surface area contributed by atoms with E-state index in [9.17, 15) is 12.8 Å². The number of rotatable bonds is 7. The van der Waals surface area contributed by atoms with E-state index in [1.807, 2.05) is 13.8 Å². The molecule has 0 saturated heterocycles. The molecule has 6 nitrogen and oxygen atoms in total. The van der Waals surface area contributed by atoms with E-state index in [1.165, 1.54) is 7.11 Å². The molecule has 8 heteroatoms. The number of anilines is 1. The largest absolute Gasteiger partial charge is 0.492 e. The number of nitrogen functional groups attached to an aromatic ring is 1. The number of sulfonamides is 1. The molecule has 114 valence electrons. The van der Waals surface area contributed by atoms with Crippen LogP contribution in [0.25, 0.3) is 0 Å². The summed E-state index contributed by atoms with van der Waals surface area (Å²) in [6.45, 7) is 4.00. The van der Waals surface area contributed by atoms with E-state index in [-0.39, 0.29) is 35.6 Å². The summed E-state index contributed by atoms with van der Waals surface area (Å²) >= 11 is 0. The normalized spacial score (nSPS) is 11.8. The van der Waals surface area contributed by atoms with Crippen molar-refractivity contribution in [1.82, 2.24) is 4.72 Å². The maximum absolute atomic E-state index is 13.6. The number of hydrogen-bond acceptors (Lipinski definition) is 5. The van der Waals surface area contributed by atoms with Crippen molar-refractivity contribution in [3.63, 3.8) is 0 Å². The third kappa shape index (κ3) is 4.32. The van der Waals surface area contributed by atoms with E-state index < -0.39 is 15.8 Å². The summed E-state index contributed by atoms with van der Waals surface area (Å²) < 4.78 is 49.8. The Morgan fingerprint density at radius 1 is 1.40 bits per heavy atom. The quantitative estimate of drug-likeness (QED) is 0.582. The van der Waals surface area contributed by atoms with Crippen LogP contribution < -0.4 is 15.2 Å². The van der Waals surface area contributed by atoms with Crippen molar-refractivity contribution < 1.29 is 22.3 Å². The van der Waals surface area contributed by atoms with Gasteiger partial charge in [-0.05, 0) is 26.0 Å². The van der Waals surface area contributed by atoms with E-state index in [2.05, 4.69) is 4.72 Å². The average molecular weight is 306 g/mol. The molecule has 0 aliphatic heterocycles. The Morgan fingerprint density at radius 2 is 2.05 bits per heavy atom. The van der Waals surface area contributed by atoms with Crippen LogP contribution in [0, 0.1) is 5.82 Å². The predicted molar refractivity (Wildman–Crippen MR) is 73.6 cm³/mol. The van der Waals surface area contributed by atoms with Gasteiger partial charge in [0.25, 0.3) is 0 Å². The first kappa shape index (κ1) is 16.7. The molecule has 0 atom stereocenters. The molecule has 0 bridgehead atoms. The molecule has 1 rings (SSSR count). The molecule has 0 unspecified atom stereocenters. The van der Waals surface area contributed by atoms with E-state index in [4.69, 9.17) is 15.2 Å². The fourth-order valence-corrected chi connectivity index (χ4v) is 2.57. The van der Waals surface area contributed by atoms with Gasteiger partial charge in [0.1, 0.15) is 0 Å². The van der Waals surface area contributed by atoms with Gasteiger partial charge >= 0.3 is 0 Å². The fraction of sp³-hybridized carbons (Fsp3) is 0.500. The number of methoxy groups -OCH3 is 1. The lowest BCUT2D eigenvalue weighted by atomic mass is 10.3. The highest BCUT2D eigenvalue weighted by Gasteiger charge is 2.18. The van der Waals surface area contributed by atoms with Crippen molar-refractivity contribution in [3.8, 4) is 5.75 Å². The number of halogens is 1. The third-order valence-corrected chi connectivity index (χ3v) is 3.85. The van der Waals surface area contributed by atoms with Gasteiger partial charge in [0.05, 0.1) is 30.4 Å². The van der Waals surface area contributed by atoms with Crippen molar-refractivity contribution in [2.75, 3.05) is 26.0 Å². The zero-order valence-electron chi connectivity index (χ0n) is 11.6. The lowest BCUT2D eigenvalue weighted by molar-refractivity contribution is 0.0834. The van der Waals surface area contributed by atoms with Crippen molar-refractivity contribution in [2.45, 2.75) is 24.8 Å². The summed E-state index contributed by atoms with van der Waals surface area (Å²) in [6, 6.07) is 2.01. The van der Waals surface area contributed by atoms with E-state index >= 15 is 0 Å². The first-order chi connectivity index (χ1) is 9.27. The van der Waals surface area contributed by atoms with Gasteiger partial charge in [-0.25, -0.2) is 17.5 Å². The van der Waals surface area contributed by atoms with Crippen LogP contribution in [0.1, 0.15) is 13.8 Å². The maximum atomic E-state index is 13.6. The zero-order chi connectivity index (χ0) is 15.3. The molecule has 0 heterocycles. The van der Waals surface area contributed by atoms with Gasteiger partial charge < -0.3 is 15.2 Å². The fourth-order valence-electron chi connectivity index (χ4n) is 1.51. The molecule has 3 N–H and O–H groups in total. The highest BCUT2D eigenvalue weighted by Crippen LogP contribution is 2.28. The predicted octanol–water partition coefficient (Wildman–Crippen LogP) is 1.12. The molecule has 0 aliphatic carbocycles. The molecule has 1 aromatic carbocycles. The average Bonchev–Trinajstić information content (AvgIpc) is 2.34. The van der Waals surface area contributed by atoms with Gasteiger partial charge in [-0.3, -0.25) is 0 Å². The number of ether oxygens (including phenoxy) is 2. The first-order valence-corrected chi connectivity index (χ1v) is 7.50. The Labute approximate surface area is 118 Å². The van der Waals surface area contributed by atoms with Gasteiger partial charge in [0.15, 0.2) is 11.6 Å². The molecule has 0 radical (unpaired) electrons. The Balaban J connectivity index is 2.83. The number of nitrogens with two attached hydrogens (primary N) is 1. The van der Waals surface area contributed by atoms with Gasteiger partial charge in [0.2, 0.25) is 10.0 Å². The van der Waals surface area contributed by atoms with E-state index in [0.717, 1.165) is 12.1 Å². The maximum Gasteiger partial charge on any atom is 0.240 e. The lowest BCUT2D eigenvalue weighted by Gasteiger charge is -2.11. The first-order valence-electron chi connectivity index (χ1n) is 6.02. The second-order valence-corrected chi connectivity index (χ2v) is 6.11. The van der Waals surface area contributed by atoms with Crippen molar-refractivity contribution >= 4 is 15.7 Å². The van der Waals surface area contributed by atoms with E-state index in [1.54, 1.807) is 0 Å². The molecular weight excluding hydrogens is 287 g/mol. The Morgan fingerprint density at radius 3 is 2.55 bits per heavy atom. The van der Waals surface area contributed by atoms with E-state index in [0.29, 0.717) is 0 Å². The van der Waals surface area contributed by atoms with Crippen LogP contribution in [0.3, 0.4) is 0 Å². The van der Waals surface area contributed by atoms with Crippen LogP contribution >= 0.6 is 0 Å². The van der Waals surface area contributed by atoms with Crippen LogP contribution in [0.15, 0.2) is 17.0 Å². The van der Waals surface area contributed by atoms with Gasteiger partial charge in [-0.15, -0.1) is 0 Å². The van der Waals surface area contributed by atoms with Crippen LogP contribution in [0.2, 0.25) is 0 Å². The summed E-state index contributed by atoms with van der Waals surface area (Å²) in [5.74, 6) is -1.00. The third-order valence-electron chi connectivity index (χ3n) is 2.41. The van der Waals surface area contributed by atoms with Gasteiger partial charge in [-0.2, -0.15) is 0 Å². The zero-order valence-corrected chi connectivity index (χ0v) is 12.5. The topological polar surface area (TPSA) is 90.7 Å². The standard InChI is InChI=1S/C12H19FN2O4S/c1-8(2)19-5-4-15-20(16,17)9-6-10(13)12(18-3)11(14)7-9/h6-8,15H,4-5,14H2,1-3H3. The van der Waals surface area contributed by atoms with Crippen LogP contribution in [-0.4, -0.2) is 34.8 Å². The molecule has 0 aliphatic rings. The Kier molecular flexibility index (Phi) is 5.73. The lowest BCUT2D eigenvalue weighted by Crippen LogP contribution is -2.28. The highest BCUT2D eigenvalue weighted by molar-refractivity contribution is 7.89. The number of hydrogen-bond donors (Lipinski definition) is 2. The summed E-state index contributed by atoms with van der Waals surface area (Å²) in [5.41, 5.74) is 5.46. The molecular formula is C12H19FN2O4S. The molecule has 20 heavy (non-hydrogen) atoms. The van der Waals surface area contributed by atoms with Crippen molar-refractivity contribution in [1.29, 1.82) is 0 Å². The molecule has 0 fully saturated rings. The minimum Gasteiger partial charge on any atom is -0.492 e. The molecule has 0 amide bonds. The molecule has 0 spiro atoms. The van der Waals surface area contributed by atoms with Crippen LogP contribution in [0.4, 0.5) is 10.1 Å². The van der Waals surface area contributed by atoms with Crippen molar-refractivity contribution in [2.24, 2.45) is 0 Å².